The lowest BCUT2D eigenvalue weighted by atomic mass is 10.0. The van der Waals surface area contributed by atoms with Crippen molar-refractivity contribution in [1.82, 2.24) is 5.32 Å². The van der Waals surface area contributed by atoms with Crippen LogP contribution in [-0.4, -0.2) is 38.6 Å². The van der Waals surface area contributed by atoms with Crippen molar-refractivity contribution in [2.45, 2.75) is 5.25 Å². The molecule has 0 saturated heterocycles. The van der Waals surface area contributed by atoms with Gasteiger partial charge in [0.1, 0.15) is 12.4 Å². The molecule has 0 saturated carbocycles. The van der Waals surface area contributed by atoms with Gasteiger partial charge < -0.3 is 4.84 Å². The van der Waals surface area contributed by atoms with E-state index in [4.69, 9.17) is 0 Å². The van der Waals surface area contributed by atoms with E-state index in [1.807, 2.05) is 60.7 Å². The van der Waals surface area contributed by atoms with Crippen LogP contribution in [0.4, 0.5) is 4.79 Å². The van der Waals surface area contributed by atoms with Gasteiger partial charge in [-0.1, -0.05) is 72.4 Å². The minimum absolute atomic E-state index is 0.0137. The summed E-state index contributed by atoms with van der Waals surface area (Å²) < 4.78 is 12.9. The van der Waals surface area contributed by atoms with Crippen LogP contribution >= 0.6 is 11.8 Å². The van der Waals surface area contributed by atoms with E-state index in [9.17, 15) is 23.9 Å². The lowest BCUT2D eigenvalue weighted by molar-refractivity contribution is -0.756. The maximum atomic E-state index is 12.9. The smallest absolute Gasteiger partial charge is 0.294 e. The van der Waals surface area contributed by atoms with Gasteiger partial charge in [-0.3, -0.25) is 19.1 Å². The molecular formula is C18H18N2O6S2. The summed E-state index contributed by atoms with van der Waals surface area (Å²) in [6.07, 6.45) is 0. The molecule has 28 heavy (non-hydrogen) atoms. The molecule has 0 aliphatic carbocycles. The second kappa shape index (κ2) is 11.2. The Bertz CT molecular complexity index is 793. The number of hydrogen-bond acceptors (Lipinski definition) is 7. The van der Waals surface area contributed by atoms with Gasteiger partial charge in [0.15, 0.2) is 0 Å². The van der Waals surface area contributed by atoms with Crippen LogP contribution in [0.5, 0.6) is 0 Å². The standard InChI is InChI=1S/C18H18N2O6S2/c21-16(19-18(22)27-12-11-26-20(23)24)13-28(25)17(14-7-3-1-4-8-14)15-9-5-2-6-10-15/h1-10,17H,11-13H2,(H,19,21,22). The first-order chi connectivity index (χ1) is 13.5. The molecule has 2 aromatic rings. The van der Waals surface area contributed by atoms with Gasteiger partial charge in [-0.2, -0.15) is 0 Å². The third kappa shape index (κ3) is 7.12. The summed E-state index contributed by atoms with van der Waals surface area (Å²) in [6, 6.07) is 18.4. The zero-order valence-electron chi connectivity index (χ0n) is 14.7. The lowest BCUT2D eigenvalue weighted by Gasteiger charge is -2.17. The average Bonchev–Trinajstić information content (AvgIpc) is 2.67. The van der Waals surface area contributed by atoms with Crippen LogP contribution in [0.25, 0.3) is 0 Å². The molecule has 2 rings (SSSR count). The van der Waals surface area contributed by atoms with E-state index in [2.05, 4.69) is 10.2 Å². The van der Waals surface area contributed by atoms with E-state index in [0.717, 1.165) is 11.1 Å². The molecule has 8 nitrogen and oxygen atoms in total. The maximum Gasteiger partial charge on any atom is 0.294 e. The number of thioether (sulfide) groups is 1. The van der Waals surface area contributed by atoms with Crippen LogP contribution in [0.15, 0.2) is 60.7 Å². The second-order valence-corrected chi connectivity index (χ2v) is 8.06. The summed E-state index contributed by atoms with van der Waals surface area (Å²) in [5.74, 6) is -1.02. The molecule has 1 N–H and O–H groups in total. The Morgan fingerprint density at radius 1 is 1.07 bits per heavy atom. The highest BCUT2D eigenvalue weighted by Crippen LogP contribution is 2.28. The van der Waals surface area contributed by atoms with Gasteiger partial charge in [0, 0.05) is 16.6 Å². The summed E-state index contributed by atoms with van der Waals surface area (Å²) in [4.78, 5) is 37.9. The molecule has 0 aliphatic rings. The highest BCUT2D eigenvalue weighted by Gasteiger charge is 2.24. The van der Waals surface area contributed by atoms with Gasteiger partial charge in [-0.15, -0.1) is 10.1 Å². The second-order valence-electron chi connectivity index (χ2n) is 5.47. The summed E-state index contributed by atoms with van der Waals surface area (Å²) in [5.41, 5.74) is 1.61. The first kappa shape index (κ1) is 21.6. The Kier molecular flexibility index (Phi) is 8.63. The van der Waals surface area contributed by atoms with Crippen LogP contribution in [0, 0.1) is 10.1 Å². The Labute approximate surface area is 168 Å². The first-order valence-corrected chi connectivity index (χ1v) is 10.5. The van der Waals surface area contributed by atoms with Crippen LogP contribution in [-0.2, 0) is 20.4 Å². The number of carbonyl (C=O) groups excluding carboxylic acids is 2. The zero-order valence-corrected chi connectivity index (χ0v) is 16.3. The van der Waals surface area contributed by atoms with E-state index in [0.29, 0.717) is 11.8 Å². The fraction of sp³-hybridized carbons (Fsp3) is 0.222. The minimum Gasteiger partial charge on any atom is -0.313 e. The molecule has 0 heterocycles. The summed E-state index contributed by atoms with van der Waals surface area (Å²) >= 11 is 0.676. The zero-order chi connectivity index (χ0) is 20.4. The highest BCUT2D eigenvalue weighted by molar-refractivity contribution is 8.13. The normalized spacial score (nSPS) is 11.6. The summed E-state index contributed by atoms with van der Waals surface area (Å²) in [5, 5.41) is 10.0. The molecule has 0 radical (unpaired) electrons. The number of rotatable bonds is 9. The predicted octanol–water partition coefficient (Wildman–Crippen LogP) is 2.70. The molecule has 0 aromatic heterocycles. The topological polar surface area (TPSA) is 116 Å². The molecule has 2 aromatic carbocycles. The van der Waals surface area contributed by atoms with Crippen LogP contribution < -0.4 is 5.32 Å². The maximum absolute atomic E-state index is 12.9. The molecule has 0 spiro atoms. The van der Waals surface area contributed by atoms with E-state index in [1.54, 1.807) is 0 Å². The van der Waals surface area contributed by atoms with Crippen molar-refractivity contribution in [3.05, 3.63) is 81.9 Å². The number of hydrogen-bond donors (Lipinski definition) is 1. The Balaban J connectivity index is 1.97. The highest BCUT2D eigenvalue weighted by atomic mass is 32.2. The van der Waals surface area contributed by atoms with Gasteiger partial charge in [0.25, 0.3) is 10.3 Å². The Morgan fingerprint density at radius 2 is 1.61 bits per heavy atom. The number of nitrogens with one attached hydrogen (secondary N) is 1. The van der Waals surface area contributed by atoms with E-state index >= 15 is 0 Å². The van der Waals surface area contributed by atoms with Gasteiger partial charge in [-0.05, 0) is 11.1 Å². The number of carbonyl (C=O) groups is 2. The number of amides is 2. The third-order valence-corrected chi connectivity index (χ3v) is 5.85. The van der Waals surface area contributed by atoms with Crippen LogP contribution in [0.3, 0.4) is 0 Å². The van der Waals surface area contributed by atoms with Crippen molar-refractivity contribution in [2.24, 2.45) is 0 Å². The SMILES string of the molecule is O=C(CS(=O)C(c1ccccc1)c1ccccc1)NC(=O)SCCO[N+](=O)[O-]. The molecule has 0 fully saturated rings. The van der Waals surface area contributed by atoms with Crippen LogP contribution in [0.2, 0.25) is 0 Å². The monoisotopic (exact) mass is 422 g/mol. The van der Waals surface area contributed by atoms with E-state index in [1.165, 1.54) is 0 Å². The van der Waals surface area contributed by atoms with Crippen molar-refractivity contribution in [3.63, 3.8) is 0 Å². The van der Waals surface area contributed by atoms with Crippen LogP contribution in [0.1, 0.15) is 16.4 Å². The molecule has 2 amide bonds. The molecule has 1 atom stereocenters. The lowest BCUT2D eigenvalue weighted by Crippen LogP contribution is -2.32. The number of nitrogens with zero attached hydrogens (tertiary/aromatic N) is 1. The van der Waals surface area contributed by atoms with Crippen molar-refractivity contribution in [2.75, 3.05) is 18.1 Å². The molecule has 0 aliphatic heterocycles. The first-order valence-electron chi connectivity index (χ1n) is 8.18. The van der Waals surface area contributed by atoms with Crippen molar-refractivity contribution < 1.29 is 23.7 Å². The van der Waals surface area contributed by atoms with Gasteiger partial charge >= 0.3 is 0 Å². The fourth-order valence-corrected chi connectivity index (χ4v) is 4.34. The molecule has 0 bridgehead atoms. The molecular weight excluding hydrogens is 404 g/mol. The largest absolute Gasteiger partial charge is 0.313 e. The quantitative estimate of drug-likeness (QED) is 0.375. The molecule has 148 valence electrons. The third-order valence-electron chi connectivity index (χ3n) is 3.50. The minimum atomic E-state index is -1.61. The predicted molar refractivity (Wildman–Crippen MR) is 107 cm³/mol. The van der Waals surface area contributed by atoms with E-state index in [-0.39, 0.29) is 18.1 Å². The van der Waals surface area contributed by atoms with Gasteiger partial charge in [0.2, 0.25) is 5.91 Å². The van der Waals surface area contributed by atoms with Gasteiger partial charge in [0.05, 0.1) is 5.25 Å². The average molecular weight is 422 g/mol. The number of benzene rings is 2. The molecule has 1 unspecified atom stereocenters. The van der Waals surface area contributed by atoms with Gasteiger partial charge in [-0.25, -0.2) is 0 Å². The number of imide groups is 1. The Morgan fingerprint density at radius 3 is 2.11 bits per heavy atom. The van der Waals surface area contributed by atoms with Crippen molar-refractivity contribution in [1.29, 1.82) is 0 Å². The van der Waals surface area contributed by atoms with Crippen molar-refractivity contribution >= 4 is 33.7 Å². The summed E-state index contributed by atoms with van der Waals surface area (Å²) in [6.45, 7) is -0.269. The van der Waals surface area contributed by atoms with E-state index < -0.39 is 32.3 Å². The molecule has 10 heteroatoms. The summed E-state index contributed by atoms with van der Waals surface area (Å²) in [7, 11) is -1.61. The van der Waals surface area contributed by atoms with Crippen molar-refractivity contribution in [3.8, 4) is 0 Å². The fourth-order valence-electron chi connectivity index (χ4n) is 2.40. The Hall–Kier alpha value is -2.72.